The third-order valence-electron chi connectivity index (χ3n) is 3.39. The number of nitrogens with zero attached hydrogens (tertiary/aromatic N) is 4. The first-order chi connectivity index (χ1) is 12.1. The number of hydrogen-bond donors (Lipinski definition) is 2. The summed E-state index contributed by atoms with van der Waals surface area (Å²) in [6.07, 6.45) is 5.81. The third-order valence-corrected chi connectivity index (χ3v) is 4.54. The summed E-state index contributed by atoms with van der Waals surface area (Å²) in [4.78, 5) is 0.690. The molecule has 0 saturated carbocycles. The Balaban J connectivity index is 1.83. The molecule has 3 aromatic rings. The van der Waals surface area contributed by atoms with E-state index in [1.54, 1.807) is 16.7 Å². The number of para-hydroxylation sites is 1. The molecule has 2 aromatic heterocycles. The van der Waals surface area contributed by atoms with Gasteiger partial charge in [-0.05, 0) is 30.7 Å². The largest absolute Gasteiger partial charge is 0.509 e. The summed E-state index contributed by atoms with van der Waals surface area (Å²) in [7, 11) is 0. The number of hydrogen-bond acceptors (Lipinski definition) is 6. The molecule has 0 spiro atoms. The number of anilines is 2. The van der Waals surface area contributed by atoms with Crippen LogP contribution in [-0.4, -0.2) is 24.9 Å². The molecule has 0 fully saturated rings. The van der Waals surface area contributed by atoms with Gasteiger partial charge in [0.25, 0.3) is 0 Å². The molecule has 128 valence electrons. The van der Waals surface area contributed by atoms with Gasteiger partial charge in [0.1, 0.15) is 5.76 Å². The minimum Gasteiger partial charge on any atom is -0.509 e. The van der Waals surface area contributed by atoms with Crippen molar-refractivity contribution in [2.45, 2.75) is 13.3 Å². The molecule has 3 rings (SSSR count). The lowest BCUT2D eigenvalue weighted by Gasteiger charge is -2.03. The van der Waals surface area contributed by atoms with E-state index in [2.05, 4.69) is 27.2 Å². The molecule has 2 N–H and O–H groups in total. The van der Waals surface area contributed by atoms with Gasteiger partial charge >= 0.3 is 0 Å². The van der Waals surface area contributed by atoms with Crippen LogP contribution in [-0.2, 0) is 6.42 Å². The van der Waals surface area contributed by atoms with Crippen molar-refractivity contribution in [2.75, 3.05) is 5.32 Å². The van der Waals surface area contributed by atoms with Crippen molar-refractivity contribution in [2.24, 2.45) is 0 Å². The first-order valence-corrected chi connectivity index (χ1v) is 8.70. The van der Waals surface area contributed by atoms with E-state index in [1.165, 1.54) is 11.3 Å². The van der Waals surface area contributed by atoms with Gasteiger partial charge in [0.15, 0.2) is 5.82 Å². The van der Waals surface area contributed by atoms with Crippen molar-refractivity contribution in [1.29, 1.82) is 0 Å². The van der Waals surface area contributed by atoms with E-state index in [4.69, 9.17) is 11.6 Å². The number of aliphatic hydroxyl groups is 1. The smallest absolute Gasteiger partial charge is 0.236 e. The van der Waals surface area contributed by atoms with Crippen LogP contribution in [0.3, 0.4) is 0 Å². The molecule has 0 saturated heterocycles. The van der Waals surface area contributed by atoms with Crippen molar-refractivity contribution in [1.82, 2.24) is 19.8 Å². The van der Waals surface area contributed by atoms with E-state index in [9.17, 15) is 5.11 Å². The molecule has 25 heavy (non-hydrogen) atoms. The number of fused-ring (bicyclic) bond motifs is 1. The lowest BCUT2D eigenvalue weighted by atomic mass is 10.1. The van der Waals surface area contributed by atoms with E-state index >= 15 is 0 Å². The average Bonchev–Trinajstić information content (AvgIpc) is 3.14. The minimum atomic E-state index is 0.00521. The number of allylic oxidation sites excluding steroid dienone is 4. The second-order valence-electron chi connectivity index (χ2n) is 5.19. The van der Waals surface area contributed by atoms with Crippen LogP contribution in [0, 0.1) is 0 Å². The molecule has 1 aromatic carbocycles. The second kappa shape index (κ2) is 7.50. The molecule has 0 atom stereocenters. The maximum atomic E-state index is 9.19. The molecule has 0 bridgehead atoms. The van der Waals surface area contributed by atoms with Gasteiger partial charge in [0.05, 0.1) is 10.7 Å². The summed E-state index contributed by atoms with van der Waals surface area (Å²) < 4.78 is 1.70. The zero-order valence-electron chi connectivity index (χ0n) is 13.5. The van der Waals surface area contributed by atoms with Gasteiger partial charge in [-0.15, -0.1) is 15.3 Å². The summed E-state index contributed by atoms with van der Waals surface area (Å²) in [6, 6.07) is 7.47. The van der Waals surface area contributed by atoms with Crippen LogP contribution in [0.4, 0.5) is 10.8 Å². The van der Waals surface area contributed by atoms with Crippen LogP contribution >= 0.6 is 22.9 Å². The lowest BCUT2D eigenvalue weighted by Crippen LogP contribution is -1.99. The molecule has 6 nitrogen and oxygen atoms in total. The van der Waals surface area contributed by atoms with Crippen molar-refractivity contribution in [3.05, 3.63) is 71.3 Å². The van der Waals surface area contributed by atoms with Gasteiger partial charge in [0, 0.05) is 6.42 Å². The monoisotopic (exact) mass is 373 g/mol. The van der Waals surface area contributed by atoms with E-state index in [-0.39, 0.29) is 5.76 Å². The van der Waals surface area contributed by atoms with Crippen molar-refractivity contribution >= 4 is 38.7 Å². The predicted octanol–water partition coefficient (Wildman–Crippen LogP) is 4.70. The Hall–Kier alpha value is -2.64. The molecule has 2 heterocycles. The van der Waals surface area contributed by atoms with Gasteiger partial charge in [-0.3, -0.25) is 0 Å². The van der Waals surface area contributed by atoms with Crippen LogP contribution in [0.25, 0.3) is 4.96 Å². The Morgan fingerprint density at radius 3 is 2.88 bits per heavy atom. The lowest BCUT2D eigenvalue weighted by molar-refractivity contribution is 0.435. The van der Waals surface area contributed by atoms with Crippen LogP contribution in [0.2, 0.25) is 5.02 Å². The highest BCUT2D eigenvalue weighted by molar-refractivity contribution is 7.20. The molecular weight excluding hydrogens is 358 g/mol. The molecule has 0 unspecified atom stereocenters. The fourth-order valence-corrected chi connectivity index (χ4v) is 3.09. The third kappa shape index (κ3) is 4.07. The second-order valence-corrected chi connectivity index (χ2v) is 6.55. The molecule has 0 aliphatic heterocycles. The standard InChI is InChI=1S/C17H16ClN5OS/c1-3-12(9-8-11(2)24)10-15-20-21-17-23(15)22-16(25-17)19-14-7-5-4-6-13(14)18/h3-9,24H,2,10H2,1H3,(H,19,22)/b9-8-,12-3+. The van der Waals surface area contributed by atoms with Crippen molar-refractivity contribution in [3.63, 3.8) is 0 Å². The molecule has 0 aliphatic carbocycles. The Morgan fingerprint density at radius 2 is 2.16 bits per heavy atom. The summed E-state index contributed by atoms with van der Waals surface area (Å²) in [5.74, 6) is 0.713. The van der Waals surface area contributed by atoms with Crippen LogP contribution < -0.4 is 5.32 Å². The highest BCUT2D eigenvalue weighted by atomic mass is 35.5. The zero-order chi connectivity index (χ0) is 17.8. The van der Waals surface area contributed by atoms with E-state index in [1.807, 2.05) is 37.3 Å². The molecule has 0 radical (unpaired) electrons. The number of aromatic nitrogens is 4. The number of aliphatic hydroxyl groups excluding tert-OH is 1. The predicted molar refractivity (Wildman–Crippen MR) is 102 cm³/mol. The van der Waals surface area contributed by atoms with Crippen LogP contribution in [0.15, 0.2) is 60.4 Å². The Bertz CT molecular complexity index is 972. The number of nitrogens with one attached hydrogen (secondary N) is 1. The Morgan fingerprint density at radius 1 is 1.36 bits per heavy atom. The normalized spacial score (nSPS) is 12.2. The van der Waals surface area contributed by atoms with Gasteiger partial charge < -0.3 is 10.4 Å². The van der Waals surface area contributed by atoms with Crippen molar-refractivity contribution < 1.29 is 5.11 Å². The van der Waals surface area contributed by atoms with Gasteiger partial charge in [-0.25, -0.2) is 0 Å². The van der Waals surface area contributed by atoms with E-state index < -0.39 is 0 Å². The SMILES string of the molecule is C=C(O)/C=C\C(=C/C)Cc1nnc2sc(Nc3ccccc3Cl)nn12. The quantitative estimate of drug-likeness (QED) is 0.484. The molecule has 0 aliphatic rings. The van der Waals surface area contributed by atoms with Crippen LogP contribution in [0.1, 0.15) is 12.7 Å². The fraction of sp³-hybridized carbons (Fsp3) is 0.118. The Labute approximate surface area is 153 Å². The molecular formula is C17H16ClN5OS. The maximum absolute atomic E-state index is 9.19. The summed E-state index contributed by atoms with van der Waals surface area (Å²) in [6.45, 7) is 5.36. The molecule has 8 heteroatoms. The number of benzene rings is 1. The first kappa shape index (κ1) is 17.2. The summed E-state index contributed by atoms with van der Waals surface area (Å²) in [5, 5.41) is 26.6. The number of halogens is 1. The highest BCUT2D eigenvalue weighted by Crippen LogP contribution is 2.28. The van der Waals surface area contributed by atoms with Crippen LogP contribution in [0.5, 0.6) is 0 Å². The van der Waals surface area contributed by atoms with E-state index in [0.717, 1.165) is 11.3 Å². The zero-order valence-corrected chi connectivity index (χ0v) is 15.1. The van der Waals surface area contributed by atoms with Crippen molar-refractivity contribution in [3.8, 4) is 0 Å². The number of rotatable bonds is 6. The summed E-state index contributed by atoms with van der Waals surface area (Å²) >= 11 is 7.55. The first-order valence-electron chi connectivity index (χ1n) is 7.50. The van der Waals surface area contributed by atoms with Gasteiger partial charge in [0.2, 0.25) is 10.1 Å². The highest BCUT2D eigenvalue weighted by Gasteiger charge is 2.13. The topological polar surface area (TPSA) is 75.3 Å². The average molecular weight is 374 g/mol. The maximum Gasteiger partial charge on any atom is 0.236 e. The minimum absolute atomic E-state index is 0.00521. The fourth-order valence-electron chi connectivity index (χ4n) is 2.14. The Kier molecular flexibility index (Phi) is 5.16. The summed E-state index contributed by atoms with van der Waals surface area (Å²) in [5.41, 5.74) is 1.76. The van der Waals surface area contributed by atoms with E-state index in [0.29, 0.717) is 27.4 Å². The van der Waals surface area contributed by atoms with Gasteiger partial charge in [-0.2, -0.15) is 4.52 Å². The van der Waals surface area contributed by atoms with Gasteiger partial charge in [-0.1, -0.05) is 53.8 Å². The molecule has 0 amide bonds.